The number of hydrogen-bond donors (Lipinski definition) is 0. The van der Waals surface area contributed by atoms with Gasteiger partial charge in [0.25, 0.3) is 0 Å². The van der Waals surface area contributed by atoms with Crippen molar-refractivity contribution in [1.82, 2.24) is 0 Å². The first-order valence-electron chi connectivity index (χ1n) is 22.0. The summed E-state index contributed by atoms with van der Waals surface area (Å²) in [5.74, 6) is -0.0367. The second kappa shape index (κ2) is 14.0. The Hall–Kier alpha value is -8.00. The van der Waals surface area contributed by atoms with Gasteiger partial charge in [-0.2, -0.15) is 0 Å². The molecular formula is C62H41N. The largest absolute Gasteiger partial charge is 0.310 e. The summed E-state index contributed by atoms with van der Waals surface area (Å²) in [6.45, 7) is 0. The minimum atomic E-state index is -0.541. The van der Waals surface area contributed by atoms with Crippen LogP contribution in [0.5, 0.6) is 0 Å². The van der Waals surface area contributed by atoms with Crippen molar-refractivity contribution in [1.29, 1.82) is 0 Å². The summed E-state index contributed by atoms with van der Waals surface area (Å²) < 4.78 is 0. The van der Waals surface area contributed by atoms with E-state index in [1.807, 2.05) is 0 Å². The van der Waals surface area contributed by atoms with Crippen molar-refractivity contribution in [2.75, 3.05) is 4.90 Å². The molecule has 0 amide bonds. The third-order valence-corrected chi connectivity index (χ3v) is 14.0. The van der Waals surface area contributed by atoms with Gasteiger partial charge in [0.1, 0.15) is 0 Å². The highest BCUT2D eigenvalue weighted by Crippen LogP contribution is 2.63. The molecule has 0 aromatic heterocycles. The van der Waals surface area contributed by atoms with Gasteiger partial charge in [-0.25, -0.2) is 0 Å². The molecule has 0 radical (unpaired) electrons. The molecule has 1 spiro atoms. The average molecular weight is 800 g/mol. The predicted molar refractivity (Wildman–Crippen MR) is 264 cm³/mol. The average Bonchev–Trinajstić information content (AvgIpc) is 3.65. The zero-order valence-corrected chi connectivity index (χ0v) is 34.6. The molecule has 2 aliphatic rings. The maximum atomic E-state index is 2.57. The standard InChI is InChI=1S/C62H41N/c1-3-17-41(18-4-1)42-31-33-43(34-32-42)61(44-35-37-51-49-23-8-7-21-47(49)48-22-9-10-24-50(48)54(51)39-44)45-36-38-53-52-25-11-12-26-55(52)62(58(53)40-45)56-27-13-15-29-59(56)63(46-19-5-2-6-20-46)60-30-16-14-28-57(60)62/h1-40,61H. The van der Waals surface area contributed by atoms with Crippen LogP contribution < -0.4 is 4.90 Å². The first-order valence-corrected chi connectivity index (χ1v) is 22.0. The zero-order valence-electron chi connectivity index (χ0n) is 34.6. The van der Waals surface area contributed by atoms with E-state index in [-0.39, 0.29) is 5.92 Å². The SMILES string of the molecule is c1ccc(-c2ccc(C(c3ccc4c(c3)C3(c5ccccc5-4)c4ccccc4N(c4ccccc4)c4ccccc43)c3ccc4c5ccccc5c5ccccc5c4c3)cc2)cc1. The number of para-hydroxylation sites is 3. The van der Waals surface area contributed by atoms with Crippen LogP contribution in [-0.4, -0.2) is 0 Å². The van der Waals surface area contributed by atoms with E-state index < -0.39 is 5.41 Å². The fourth-order valence-corrected chi connectivity index (χ4v) is 11.3. The maximum absolute atomic E-state index is 2.57. The lowest BCUT2D eigenvalue weighted by Gasteiger charge is -2.45. The van der Waals surface area contributed by atoms with Gasteiger partial charge in [0.05, 0.1) is 16.8 Å². The Labute approximate surface area is 367 Å². The van der Waals surface area contributed by atoms with Gasteiger partial charge < -0.3 is 4.90 Å². The molecule has 0 saturated carbocycles. The zero-order chi connectivity index (χ0) is 41.5. The molecule has 1 heterocycles. The van der Waals surface area contributed by atoms with Crippen LogP contribution >= 0.6 is 0 Å². The molecule has 1 atom stereocenters. The Balaban J connectivity index is 1.08. The number of anilines is 3. The smallest absolute Gasteiger partial charge is 0.0754 e. The van der Waals surface area contributed by atoms with Crippen LogP contribution in [-0.2, 0) is 5.41 Å². The van der Waals surface area contributed by atoms with E-state index >= 15 is 0 Å². The maximum Gasteiger partial charge on any atom is 0.0754 e. The van der Waals surface area contributed by atoms with Gasteiger partial charge in [-0.1, -0.05) is 212 Å². The molecule has 1 aliphatic heterocycles. The Morgan fingerprint density at radius 3 is 1.38 bits per heavy atom. The van der Waals surface area contributed by atoms with Gasteiger partial charge in [-0.15, -0.1) is 0 Å². The molecular weight excluding hydrogens is 759 g/mol. The second-order valence-electron chi connectivity index (χ2n) is 17.1. The van der Waals surface area contributed by atoms with Gasteiger partial charge in [-0.3, -0.25) is 0 Å². The van der Waals surface area contributed by atoms with Gasteiger partial charge in [0.2, 0.25) is 0 Å². The molecule has 0 N–H and O–H groups in total. The van der Waals surface area contributed by atoms with Crippen molar-refractivity contribution < 1.29 is 0 Å². The van der Waals surface area contributed by atoms with Crippen molar-refractivity contribution in [2.45, 2.75) is 11.3 Å². The van der Waals surface area contributed by atoms with Crippen LogP contribution in [0.1, 0.15) is 44.9 Å². The van der Waals surface area contributed by atoms with Crippen LogP contribution in [0, 0.1) is 0 Å². The molecule has 11 aromatic rings. The van der Waals surface area contributed by atoms with Crippen LogP contribution in [0.4, 0.5) is 17.1 Å². The van der Waals surface area contributed by atoms with Crippen molar-refractivity contribution in [3.63, 3.8) is 0 Å². The second-order valence-corrected chi connectivity index (χ2v) is 17.1. The van der Waals surface area contributed by atoms with Crippen molar-refractivity contribution >= 4 is 49.4 Å². The lowest BCUT2D eigenvalue weighted by Crippen LogP contribution is -2.36. The third kappa shape index (κ3) is 5.24. The number of rotatable bonds is 5. The summed E-state index contributed by atoms with van der Waals surface area (Å²) in [6.07, 6.45) is 0. The molecule has 294 valence electrons. The first kappa shape index (κ1) is 35.7. The third-order valence-electron chi connectivity index (χ3n) is 14.0. The summed E-state index contributed by atoms with van der Waals surface area (Å²) in [7, 11) is 0. The van der Waals surface area contributed by atoms with E-state index in [0.717, 1.165) is 5.69 Å². The topological polar surface area (TPSA) is 3.24 Å². The van der Waals surface area contributed by atoms with Gasteiger partial charge >= 0.3 is 0 Å². The minimum Gasteiger partial charge on any atom is -0.310 e. The molecule has 0 saturated heterocycles. The fraction of sp³-hybridized carbons (Fsp3) is 0.0323. The normalized spacial score (nSPS) is 13.7. The van der Waals surface area contributed by atoms with Crippen LogP contribution in [0.3, 0.4) is 0 Å². The number of benzene rings is 11. The summed E-state index contributed by atoms with van der Waals surface area (Å²) in [5.41, 5.74) is 17.1. The predicted octanol–water partition coefficient (Wildman–Crippen LogP) is 16.1. The highest BCUT2D eigenvalue weighted by atomic mass is 15.2. The summed E-state index contributed by atoms with van der Waals surface area (Å²) in [5, 5.41) is 7.73. The van der Waals surface area contributed by atoms with E-state index in [0.29, 0.717) is 0 Å². The Bertz CT molecular complexity index is 3480. The minimum absolute atomic E-state index is 0.0367. The van der Waals surface area contributed by atoms with Crippen molar-refractivity contribution in [3.05, 3.63) is 282 Å². The summed E-state index contributed by atoms with van der Waals surface area (Å²) in [4.78, 5) is 2.46. The molecule has 0 bridgehead atoms. The highest BCUT2D eigenvalue weighted by Gasteiger charge is 2.51. The molecule has 11 aromatic carbocycles. The summed E-state index contributed by atoms with van der Waals surface area (Å²) in [6, 6.07) is 90.6. The van der Waals surface area contributed by atoms with Gasteiger partial charge in [-0.05, 0) is 124 Å². The molecule has 1 unspecified atom stereocenters. The Morgan fingerprint density at radius 1 is 0.286 bits per heavy atom. The van der Waals surface area contributed by atoms with Gasteiger partial charge in [0.15, 0.2) is 0 Å². The molecule has 13 rings (SSSR count). The molecule has 63 heavy (non-hydrogen) atoms. The monoisotopic (exact) mass is 799 g/mol. The lowest BCUT2D eigenvalue weighted by atomic mass is 9.64. The van der Waals surface area contributed by atoms with Gasteiger partial charge in [0, 0.05) is 11.6 Å². The lowest BCUT2D eigenvalue weighted by molar-refractivity contribution is 0.750. The Kier molecular flexibility index (Phi) is 7.95. The van der Waals surface area contributed by atoms with E-state index in [2.05, 4.69) is 248 Å². The highest BCUT2D eigenvalue weighted by molar-refractivity contribution is 6.25. The van der Waals surface area contributed by atoms with Crippen LogP contribution in [0.2, 0.25) is 0 Å². The van der Waals surface area contributed by atoms with Crippen LogP contribution in [0.25, 0.3) is 54.6 Å². The summed E-state index contributed by atoms with van der Waals surface area (Å²) >= 11 is 0. The fourth-order valence-electron chi connectivity index (χ4n) is 11.3. The molecule has 1 heteroatoms. The van der Waals surface area contributed by atoms with E-state index in [1.54, 1.807) is 0 Å². The number of nitrogens with zero attached hydrogens (tertiary/aromatic N) is 1. The Morgan fingerprint density at radius 2 is 0.730 bits per heavy atom. The van der Waals surface area contributed by atoms with Crippen LogP contribution in [0.15, 0.2) is 243 Å². The first-order chi connectivity index (χ1) is 31.3. The molecule has 0 fully saturated rings. The van der Waals surface area contributed by atoms with Crippen molar-refractivity contribution in [3.8, 4) is 22.3 Å². The molecule has 1 nitrogen and oxygen atoms in total. The van der Waals surface area contributed by atoms with E-state index in [4.69, 9.17) is 0 Å². The quantitative estimate of drug-likeness (QED) is 0.124. The molecule has 1 aliphatic carbocycles. The number of fused-ring (bicyclic) bond motifs is 15. The van der Waals surface area contributed by atoms with E-state index in [9.17, 15) is 0 Å². The van der Waals surface area contributed by atoms with E-state index in [1.165, 1.54) is 105 Å². The number of hydrogen-bond acceptors (Lipinski definition) is 1. The van der Waals surface area contributed by atoms with Crippen molar-refractivity contribution in [2.24, 2.45) is 0 Å².